The highest BCUT2D eigenvalue weighted by atomic mass is 16.5. The molecule has 178 valence electrons. The first kappa shape index (κ1) is 21.5. The predicted octanol–water partition coefficient (Wildman–Crippen LogP) is 3.16. The molecular weight excluding hydrogens is 444 g/mol. The van der Waals surface area contributed by atoms with Crippen LogP contribution in [-0.4, -0.2) is 64.0 Å². The normalized spacial score (nSPS) is 15.9. The van der Waals surface area contributed by atoms with Gasteiger partial charge in [0, 0.05) is 37.2 Å². The fourth-order valence-electron chi connectivity index (χ4n) is 4.24. The van der Waals surface area contributed by atoms with Gasteiger partial charge < -0.3 is 20.3 Å². The van der Waals surface area contributed by atoms with E-state index in [0.29, 0.717) is 36.7 Å². The van der Waals surface area contributed by atoms with E-state index in [1.54, 1.807) is 19.3 Å². The quantitative estimate of drug-likeness (QED) is 0.442. The summed E-state index contributed by atoms with van der Waals surface area (Å²) in [6, 6.07) is 12.3. The molecule has 0 bridgehead atoms. The Balaban J connectivity index is 1.37. The van der Waals surface area contributed by atoms with E-state index in [1.807, 2.05) is 18.3 Å². The molecule has 2 aliphatic rings. The van der Waals surface area contributed by atoms with Crippen LogP contribution in [0.4, 0.5) is 17.5 Å². The van der Waals surface area contributed by atoms with Gasteiger partial charge in [-0.1, -0.05) is 12.1 Å². The zero-order valence-electron chi connectivity index (χ0n) is 19.4. The number of anilines is 3. The van der Waals surface area contributed by atoms with Gasteiger partial charge in [-0.05, 0) is 31.0 Å². The highest BCUT2D eigenvalue weighted by Gasteiger charge is 2.26. The summed E-state index contributed by atoms with van der Waals surface area (Å²) in [4.78, 5) is 27.9. The molecule has 0 radical (unpaired) electrons. The molecule has 0 unspecified atom stereocenters. The molecule has 1 saturated carbocycles. The van der Waals surface area contributed by atoms with Crippen molar-refractivity contribution in [3.8, 4) is 11.3 Å². The van der Waals surface area contributed by atoms with E-state index in [0.717, 1.165) is 40.9 Å². The first-order valence-corrected chi connectivity index (χ1v) is 11.8. The van der Waals surface area contributed by atoms with Crippen molar-refractivity contribution in [3.63, 3.8) is 0 Å². The van der Waals surface area contributed by atoms with Crippen molar-refractivity contribution in [2.75, 3.05) is 43.6 Å². The maximum Gasteiger partial charge on any atom is 0.269 e. The lowest BCUT2D eigenvalue weighted by molar-refractivity contribution is 0.0958. The van der Waals surface area contributed by atoms with Gasteiger partial charge in [-0.3, -0.25) is 9.48 Å². The van der Waals surface area contributed by atoms with Crippen molar-refractivity contribution in [1.82, 2.24) is 30.0 Å². The van der Waals surface area contributed by atoms with Crippen LogP contribution >= 0.6 is 0 Å². The van der Waals surface area contributed by atoms with Gasteiger partial charge in [-0.25, -0.2) is 9.97 Å². The van der Waals surface area contributed by atoms with Crippen molar-refractivity contribution >= 4 is 34.3 Å². The second kappa shape index (κ2) is 8.95. The molecule has 4 aromatic rings. The minimum absolute atomic E-state index is 0.226. The average Bonchev–Trinajstić information content (AvgIpc) is 3.67. The molecule has 10 heteroatoms. The van der Waals surface area contributed by atoms with Crippen LogP contribution in [0.1, 0.15) is 29.4 Å². The largest absolute Gasteiger partial charge is 0.378 e. The van der Waals surface area contributed by atoms with Crippen LogP contribution in [0.25, 0.3) is 22.2 Å². The topological polar surface area (TPSA) is 110 Å². The molecule has 2 fully saturated rings. The van der Waals surface area contributed by atoms with Crippen LogP contribution in [0.15, 0.2) is 48.8 Å². The molecule has 4 heterocycles. The number of nitrogens with one attached hydrogen (secondary N) is 2. The summed E-state index contributed by atoms with van der Waals surface area (Å²) in [5, 5.41) is 11.6. The third-order valence-electron chi connectivity index (χ3n) is 6.29. The van der Waals surface area contributed by atoms with E-state index in [2.05, 4.69) is 48.5 Å². The van der Waals surface area contributed by atoms with E-state index in [1.165, 1.54) is 12.8 Å². The first-order valence-electron chi connectivity index (χ1n) is 11.8. The molecule has 1 aliphatic carbocycles. The predicted molar refractivity (Wildman–Crippen MR) is 133 cm³/mol. The van der Waals surface area contributed by atoms with Crippen LogP contribution in [0, 0.1) is 0 Å². The number of amides is 1. The fraction of sp³-hybridized carbons (Fsp3) is 0.320. The number of aromatic nitrogens is 5. The Labute approximate surface area is 202 Å². The number of hydrogen-bond donors (Lipinski definition) is 2. The lowest BCUT2D eigenvalue weighted by Gasteiger charge is -2.27. The minimum Gasteiger partial charge on any atom is -0.378 e. The minimum atomic E-state index is -0.226. The summed E-state index contributed by atoms with van der Waals surface area (Å²) >= 11 is 0. The smallest absolute Gasteiger partial charge is 0.269 e. The number of morpholine rings is 1. The molecule has 0 atom stereocenters. The van der Waals surface area contributed by atoms with Crippen molar-refractivity contribution < 1.29 is 9.53 Å². The maximum atomic E-state index is 11.8. The van der Waals surface area contributed by atoms with E-state index < -0.39 is 0 Å². The number of pyridine rings is 1. The Kier molecular flexibility index (Phi) is 5.49. The fourth-order valence-corrected chi connectivity index (χ4v) is 4.24. The Hall–Kier alpha value is -4.05. The second-order valence-corrected chi connectivity index (χ2v) is 8.77. The molecule has 1 aromatic carbocycles. The first-order chi connectivity index (χ1) is 17.2. The number of hydrogen-bond acceptors (Lipinski definition) is 8. The van der Waals surface area contributed by atoms with Crippen LogP contribution < -0.4 is 15.5 Å². The van der Waals surface area contributed by atoms with Gasteiger partial charge in [0.2, 0.25) is 5.95 Å². The van der Waals surface area contributed by atoms with Crippen molar-refractivity contribution in [2.24, 2.45) is 0 Å². The lowest BCUT2D eigenvalue weighted by atomic mass is 10.1. The Morgan fingerprint density at radius 3 is 2.66 bits per heavy atom. The van der Waals surface area contributed by atoms with Gasteiger partial charge >= 0.3 is 0 Å². The summed E-state index contributed by atoms with van der Waals surface area (Å²) < 4.78 is 7.65. The zero-order valence-corrected chi connectivity index (χ0v) is 19.4. The highest BCUT2D eigenvalue weighted by Crippen LogP contribution is 2.37. The van der Waals surface area contributed by atoms with Crippen LogP contribution in [0.3, 0.4) is 0 Å². The molecule has 2 N–H and O–H groups in total. The molecule has 6 rings (SSSR count). The third-order valence-corrected chi connectivity index (χ3v) is 6.29. The average molecular weight is 471 g/mol. The monoisotopic (exact) mass is 470 g/mol. The Bertz CT molecular complexity index is 1370. The molecule has 1 saturated heterocycles. The molecule has 3 aromatic heterocycles. The van der Waals surface area contributed by atoms with Crippen LogP contribution in [-0.2, 0) is 4.74 Å². The van der Waals surface area contributed by atoms with Crippen LogP contribution in [0.2, 0.25) is 0 Å². The number of carbonyl (C=O) groups is 1. The van der Waals surface area contributed by atoms with E-state index >= 15 is 0 Å². The summed E-state index contributed by atoms with van der Waals surface area (Å²) in [5.41, 5.74) is 4.05. The van der Waals surface area contributed by atoms with Gasteiger partial charge in [-0.2, -0.15) is 10.1 Å². The van der Waals surface area contributed by atoms with E-state index in [4.69, 9.17) is 14.7 Å². The van der Waals surface area contributed by atoms with Gasteiger partial charge in [0.05, 0.1) is 48.5 Å². The molecular formula is C25H26N8O2. The molecule has 10 nitrogen and oxygen atoms in total. The number of fused-ring (bicyclic) bond motifs is 1. The number of carbonyl (C=O) groups excluding carboxylic acids is 1. The SMILES string of the molecule is CNC(=O)c1ccc(Nc2cc(-c3ccc4cnn(C5CC5)c4c3)nc(N3CCOCC3)n2)cn1. The van der Waals surface area contributed by atoms with Crippen molar-refractivity contribution in [3.05, 3.63) is 54.5 Å². The number of rotatable bonds is 6. The maximum absolute atomic E-state index is 11.8. The highest BCUT2D eigenvalue weighted by molar-refractivity contribution is 5.92. The summed E-state index contributed by atoms with van der Waals surface area (Å²) in [5.74, 6) is 1.08. The van der Waals surface area contributed by atoms with E-state index in [-0.39, 0.29) is 5.91 Å². The molecule has 0 spiro atoms. The van der Waals surface area contributed by atoms with Gasteiger partial charge in [0.15, 0.2) is 0 Å². The van der Waals surface area contributed by atoms with Gasteiger partial charge in [-0.15, -0.1) is 0 Å². The van der Waals surface area contributed by atoms with Crippen molar-refractivity contribution in [2.45, 2.75) is 18.9 Å². The number of nitrogens with zero attached hydrogens (tertiary/aromatic N) is 6. The number of ether oxygens (including phenoxy) is 1. The Morgan fingerprint density at radius 1 is 1.06 bits per heavy atom. The van der Waals surface area contributed by atoms with E-state index in [9.17, 15) is 4.79 Å². The molecule has 1 amide bonds. The van der Waals surface area contributed by atoms with Gasteiger partial charge in [0.1, 0.15) is 11.5 Å². The van der Waals surface area contributed by atoms with Gasteiger partial charge in [0.25, 0.3) is 5.91 Å². The third kappa shape index (κ3) is 4.40. The van der Waals surface area contributed by atoms with Crippen LogP contribution in [0.5, 0.6) is 0 Å². The molecule has 35 heavy (non-hydrogen) atoms. The summed E-state index contributed by atoms with van der Waals surface area (Å²) in [6.07, 6.45) is 5.91. The standard InChI is InChI=1S/C25H26N8O2/c1-26-24(34)20-7-4-18(15-27-20)29-23-13-21(30-25(31-23)32-8-10-35-11-9-32)16-2-3-17-14-28-33(19-5-6-19)22(17)12-16/h2-4,7,12-15,19H,5-6,8-11H2,1H3,(H,26,34)(H,29,30,31). The lowest BCUT2D eigenvalue weighted by Crippen LogP contribution is -2.37. The number of benzene rings is 1. The second-order valence-electron chi connectivity index (χ2n) is 8.77. The zero-order chi connectivity index (χ0) is 23.8. The summed E-state index contributed by atoms with van der Waals surface area (Å²) in [6.45, 7) is 2.76. The molecule has 1 aliphatic heterocycles. The Morgan fingerprint density at radius 2 is 1.91 bits per heavy atom. The summed E-state index contributed by atoms with van der Waals surface area (Å²) in [7, 11) is 1.58. The van der Waals surface area contributed by atoms with Crippen molar-refractivity contribution in [1.29, 1.82) is 0 Å².